The molecule has 0 radical (unpaired) electrons. The molecule has 2 aromatic carbocycles. The van der Waals surface area contributed by atoms with Gasteiger partial charge in [-0.25, -0.2) is 8.78 Å². The minimum Gasteiger partial charge on any atom is -0.481 e. The Bertz CT molecular complexity index is 887. The summed E-state index contributed by atoms with van der Waals surface area (Å²) in [4.78, 5) is 25.8. The first-order chi connectivity index (χ1) is 13.3. The van der Waals surface area contributed by atoms with Crippen molar-refractivity contribution in [2.45, 2.75) is 6.42 Å². The number of aliphatic carboxylic acids is 1. The number of likely N-dealkylation sites (tertiary alicyclic amines) is 1. The Kier molecular flexibility index (Phi) is 5.60. The molecule has 0 aromatic heterocycles. The van der Waals surface area contributed by atoms with E-state index in [0.717, 1.165) is 12.1 Å². The fraction of sp³-hybridized carbons (Fsp3) is 0.300. The molecule has 1 N–H and O–H groups in total. The van der Waals surface area contributed by atoms with E-state index in [0.29, 0.717) is 24.3 Å². The van der Waals surface area contributed by atoms with Crippen molar-refractivity contribution in [3.63, 3.8) is 0 Å². The number of rotatable bonds is 6. The molecular formula is C20H19F2NO5. The van der Waals surface area contributed by atoms with Crippen molar-refractivity contribution in [3.05, 3.63) is 59.7 Å². The van der Waals surface area contributed by atoms with Gasteiger partial charge in [-0.2, -0.15) is 0 Å². The Morgan fingerprint density at radius 1 is 1.11 bits per heavy atom. The zero-order valence-corrected chi connectivity index (χ0v) is 15.2. The van der Waals surface area contributed by atoms with Crippen LogP contribution in [0, 0.1) is 17.0 Å². The van der Waals surface area contributed by atoms with Crippen LogP contribution in [0.2, 0.25) is 0 Å². The zero-order chi connectivity index (χ0) is 20.3. The highest BCUT2D eigenvalue weighted by molar-refractivity contribution is 5.95. The Morgan fingerprint density at radius 3 is 2.39 bits per heavy atom. The van der Waals surface area contributed by atoms with E-state index in [1.807, 2.05) is 0 Å². The predicted molar refractivity (Wildman–Crippen MR) is 95.3 cm³/mol. The molecule has 3 rings (SSSR count). The molecule has 2 aromatic rings. The smallest absolute Gasteiger partial charge is 0.313 e. The fourth-order valence-electron chi connectivity index (χ4n) is 3.20. The molecule has 0 bridgehead atoms. The van der Waals surface area contributed by atoms with Crippen LogP contribution in [0.3, 0.4) is 0 Å². The first-order valence-electron chi connectivity index (χ1n) is 8.59. The summed E-state index contributed by atoms with van der Waals surface area (Å²) in [5.41, 5.74) is -0.726. The predicted octanol–water partition coefficient (Wildman–Crippen LogP) is 3.32. The van der Waals surface area contributed by atoms with E-state index in [4.69, 9.17) is 9.47 Å². The van der Waals surface area contributed by atoms with Gasteiger partial charge in [0.25, 0.3) is 5.91 Å². The lowest BCUT2D eigenvalue weighted by molar-refractivity contribution is -0.151. The van der Waals surface area contributed by atoms with Crippen molar-refractivity contribution in [2.24, 2.45) is 5.41 Å². The maximum atomic E-state index is 13.2. The molecule has 8 heteroatoms. The molecule has 1 amide bonds. The van der Waals surface area contributed by atoms with E-state index in [-0.39, 0.29) is 24.8 Å². The summed E-state index contributed by atoms with van der Waals surface area (Å²) in [6, 6.07) is 9.32. The summed E-state index contributed by atoms with van der Waals surface area (Å²) in [6.07, 6.45) is 0.319. The van der Waals surface area contributed by atoms with E-state index < -0.39 is 23.0 Å². The third-order valence-corrected chi connectivity index (χ3v) is 4.74. The van der Waals surface area contributed by atoms with E-state index in [2.05, 4.69) is 0 Å². The standard InChI is InChI=1S/C20H19F2NO5/c1-27-12-20(19(25)26)8-9-23(11-20)18(24)13-2-4-14(5-3-13)28-15-6-7-16(21)17(22)10-15/h2-7,10H,8-9,11-12H2,1H3,(H,25,26). The monoisotopic (exact) mass is 391 g/mol. The molecule has 0 spiro atoms. The number of carboxylic acid groups (broad SMARTS) is 1. The number of amides is 1. The first-order valence-corrected chi connectivity index (χ1v) is 8.59. The lowest BCUT2D eigenvalue weighted by Gasteiger charge is -2.23. The molecule has 1 fully saturated rings. The van der Waals surface area contributed by atoms with Gasteiger partial charge in [0.15, 0.2) is 11.6 Å². The number of carbonyl (C=O) groups excluding carboxylic acids is 1. The summed E-state index contributed by atoms with van der Waals surface area (Å²) in [5, 5.41) is 9.49. The second kappa shape index (κ2) is 7.93. The Labute approximate surface area is 160 Å². The van der Waals surface area contributed by atoms with Crippen LogP contribution >= 0.6 is 0 Å². The van der Waals surface area contributed by atoms with E-state index >= 15 is 0 Å². The topological polar surface area (TPSA) is 76.1 Å². The number of hydrogen-bond acceptors (Lipinski definition) is 4. The third kappa shape index (κ3) is 3.96. The fourth-order valence-corrected chi connectivity index (χ4v) is 3.20. The van der Waals surface area contributed by atoms with Crippen LogP contribution in [0.5, 0.6) is 11.5 Å². The number of nitrogens with zero attached hydrogens (tertiary/aromatic N) is 1. The van der Waals surface area contributed by atoms with Crippen LogP contribution in [0.1, 0.15) is 16.8 Å². The number of carbonyl (C=O) groups is 2. The van der Waals surface area contributed by atoms with Crippen molar-refractivity contribution >= 4 is 11.9 Å². The van der Waals surface area contributed by atoms with Gasteiger partial charge < -0.3 is 19.5 Å². The Morgan fingerprint density at radius 2 is 1.79 bits per heavy atom. The summed E-state index contributed by atoms with van der Waals surface area (Å²) in [5.74, 6) is -2.79. The average molecular weight is 391 g/mol. The molecule has 1 aliphatic heterocycles. The maximum Gasteiger partial charge on any atom is 0.313 e. The van der Waals surface area contributed by atoms with Gasteiger partial charge in [0.05, 0.1) is 6.61 Å². The second-order valence-corrected chi connectivity index (χ2v) is 6.70. The van der Waals surface area contributed by atoms with Gasteiger partial charge in [-0.15, -0.1) is 0 Å². The minimum atomic E-state index is -1.10. The molecule has 1 atom stereocenters. The van der Waals surface area contributed by atoms with Crippen molar-refractivity contribution in [1.82, 2.24) is 4.90 Å². The van der Waals surface area contributed by atoms with E-state index in [9.17, 15) is 23.5 Å². The van der Waals surface area contributed by atoms with Crippen LogP contribution in [-0.2, 0) is 9.53 Å². The zero-order valence-electron chi connectivity index (χ0n) is 15.2. The first kappa shape index (κ1) is 19.8. The Balaban J connectivity index is 1.68. The average Bonchev–Trinajstić information content (AvgIpc) is 3.11. The maximum absolute atomic E-state index is 13.2. The summed E-state index contributed by atoms with van der Waals surface area (Å²) in [7, 11) is 1.43. The molecule has 28 heavy (non-hydrogen) atoms. The van der Waals surface area contributed by atoms with Gasteiger partial charge >= 0.3 is 5.97 Å². The quantitative estimate of drug-likeness (QED) is 0.818. The summed E-state index contributed by atoms with van der Waals surface area (Å²) < 4.78 is 36.7. The number of ether oxygens (including phenoxy) is 2. The van der Waals surface area contributed by atoms with Gasteiger partial charge in [0.2, 0.25) is 0 Å². The number of methoxy groups -OCH3 is 1. The summed E-state index contributed by atoms with van der Waals surface area (Å²) >= 11 is 0. The van der Waals surface area contributed by atoms with Crippen LogP contribution in [0.25, 0.3) is 0 Å². The highest BCUT2D eigenvalue weighted by Crippen LogP contribution is 2.32. The highest BCUT2D eigenvalue weighted by Gasteiger charge is 2.46. The molecular weight excluding hydrogens is 372 g/mol. The van der Waals surface area contributed by atoms with Crippen LogP contribution in [-0.4, -0.2) is 48.7 Å². The summed E-state index contributed by atoms with van der Waals surface area (Å²) in [6.45, 7) is 0.427. The van der Waals surface area contributed by atoms with Crippen molar-refractivity contribution in [1.29, 1.82) is 0 Å². The van der Waals surface area contributed by atoms with Gasteiger partial charge in [-0.05, 0) is 42.8 Å². The molecule has 148 valence electrons. The van der Waals surface area contributed by atoms with Gasteiger partial charge in [-0.1, -0.05) is 0 Å². The number of hydrogen-bond donors (Lipinski definition) is 1. The number of carboxylic acids is 1. The van der Waals surface area contributed by atoms with Crippen molar-refractivity contribution in [2.75, 3.05) is 26.8 Å². The lowest BCUT2D eigenvalue weighted by atomic mass is 9.88. The van der Waals surface area contributed by atoms with Crippen LogP contribution < -0.4 is 4.74 Å². The lowest BCUT2D eigenvalue weighted by Crippen LogP contribution is -2.40. The van der Waals surface area contributed by atoms with Crippen molar-refractivity contribution in [3.8, 4) is 11.5 Å². The second-order valence-electron chi connectivity index (χ2n) is 6.70. The van der Waals surface area contributed by atoms with Gasteiger partial charge in [-0.3, -0.25) is 9.59 Å². The molecule has 1 unspecified atom stereocenters. The van der Waals surface area contributed by atoms with Crippen molar-refractivity contribution < 1.29 is 33.0 Å². The molecule has 1 heterocycles. The normalized spacial score (nSPS) is 18.9. The number of benzene rings is 2. The molecule has 0 saturated carbocycles. The molecule has 0 aliphatic carbocycles. The van der Waals surface area contributed by atoms with Gasteiger partial charge in [0, 0.05) is 31.8 Å². The number of halogens is 2. The van der Waals surface area contributed by atoms with E-state index in [1.165, 1.54) is 42.3 Å². The van der Waals surface area contributed by atoms with Crippen LogP contribution in [0.15, 0.2) is 42.5 Å². The molecule has 1 saturated heterocycles. The van der Waals surface area contributed by atoms with E-state index in [1.54, 1.807) is 0 Å². The highest BCUT2D eigenvalue weighted by atomic mass is 19.2. The van der Waals surface area contributed by atoms with Gasteiger partial charge in [0.1, 0.15) is 16.9 Å². The largest absolute Gasteiger partial charge is 0.481 e. The third-order valence-electron chi connectivity index (χ3n) is 4.74. The van der Waals surface area contributed by atoms with Crippen LogP contribution in [0.4, 0.5) is 8.78 Å². The Hall–Kier alpha value is -3.00. The molecule has 1 aliphatic rings. The SMILES string of the molecule is COCC1(C(=O)O)CCN(C(=O)c2ccc(Oc3ccc(F)c(F)c3)cc2)C1. The minimum absolute atomic E-state index is 0.0348. The molecule has 6 nitrogen and oxygen atoms in total.